The predicted octanol–water partition coefficient (Wildman–Crippen LogP) is 1.55. The van der Waals surface area contributed by atoms with Crippen molar-refractivity contribution in [3.8, 4) is 5.75 Å². The molecule has 2 rings (SSSR count). The summed E-state index contributed by atoms with van der Waals surface area (Å²) in [7, 11) is 0. The largest absolute Gasteiger partial charge is 0.508 e. The maximum Gasteiger partial charge on any atom is 0.282 e. The molecule has 7 nitrogen and oxygen atoms in total. The number of morpholine rings is 1. The fourth-order valence-corrected chi connectivity index (χ4v) is 2.20. The number of carbonyl (C=O) groups is 1. The Hall–Kier alpha value is -2.15. The zero-order valence-electron chi connectivity index (χ0n) is 11.3. The summed E-state index contributed by atoms with van der Waals surface area (Å²) < 4.78 is 5.43. The van der Waals surface area contributed by atoms with E-state index in [0.717, 1.165) is 12.1 Å². The number of ether oxygens (including phenoxy) is 1. The minimum Gasteiger partial charge on any atom is -0.508 e. The Labute approximate surface area is 115 Å². The fourth-order valence-electron chi connectivity index (χ4n) is 2.20. The highest BCUT2D eigenvalue weighted by Gasteiger charge is 2.32. The molecule has 0 saturated carbocycles. The van der Waals surface area contributed by atoms with Crippen LogP contribution in [0.1, 0.15) is 24.2 Å². The summed E-state index contributed by atoms with van der Waals surface area (Å²) in [5.74, 6) is -0.636. The molecule has 1 aliphatic rings. The molecular formula is C13H16N2O5. The third-order valence-electron chi connectivity index (χ3n) is 3.28. The molecule has 1 aromatic rings. The van der Waals surface area contributed by atoms with Crippen LogP contribution in [0.15, 0.2) is 18.2 Å². The summed E-state index contributed by atoms with van der Waals surface area (Å²) in [6.07, 6.45) is -0.119. The SMILES string of the molecule is CC1CN(C(=O)c2cc(O)ccc2[N+](=O)[O-])C(C)CO1. The second-order valence-corrected chi connectivity index (χ2v) is 4.91. The summed E-state index contributed by atoms with van der Waals surface area (Å²) in [6, 6.07) is 3.30. The Balaban J connectivity index is 2.37. The third kappa shape index (κ3) is 2.72. The number of amides is 1. The molecule has 0 aliphatic carbocycles. The standard InChI is InChI=1S/C13H16N2O5/c1-8-7-20-9(2)6-14(8)13(17)11-5-10(16)3-4-12(11)15(18)19/h3-5,8-9,16H,6-7H2,1-2H3. The summed E-state index contributed by atoms with van der Waals surface area (Å²) >= 11 is 0. The zero-order chi connectivity index (χ0) is 14.9. The van der Waals surface area contributed by atoms with E-state index >= 15 is 0 Å². The summed E-state index contributed by atoms with van der Waals surface area (Å²) in [6.45, 7) is 4.41. The van der Waals surface area contributed by atoms with Gasteiger partial charge in [-0.2, -0.15) is 0 Å². The molecule has 0 spiro atoms. The molecule has 1 aromatic carbocycles. The number of benzene rings is 1. The number of carbonyl (C=O) groups excluding carboxylic acids is 1. The van der Waals surface area contributed by atoms with Gasteiger partial charge in [0.2, 0.25) is 0 Å². The lowest BCUT2D eigenvalue weighted by molar-refractivity contribution is -0.385. The number of phenols is 1. The lowest BCUT2D eigenvalue weighted by atomic mass is 10.1. The normalized spacial score (nSPS) is 22.6. The molecule has 1 fully saturated rings. The van der Waals surface area contributed by atoms with Gasteiger partial charge in [0.05, 0.1) is 23.7 Å². The van der Waals surface area contributed by atoms with E-state index in [9.17, 15) is 20.0 Å². The maximum absolute atomic E-state index is 12.5. The molecule has 20 heavy (non-hydrogen) atoms. The quantitative estimate of drug-likeness (QED) is 0.655. The van der Waals surface area contributed by atoms with Gasteiger partial charge in [0.1, 0.15) is 11.3 Å². The third-order valence-corrected chi connectivity index (χ3v) is 3.28. The maximum atomic E-state index is 12.5. The number of hydrogen-bond acceptors (Lipinski definition) is 5. The van der Waals surface area contributed by atoms with Gasteiger partial charge in [0, 0.05) is 12.6 Å². The average molecular weight is 280 g/mol. The van der Waals surface area contributed by atoms with Gasteiger partial charge in [0.15, 0.2) is 0 Å². The smallest absolute Gasteiger partial charge is 0.282 e. The minimum atomic E-state index is -0.624. The molecular weight excluding hydrogens is 264 g/mol. The number of hydrogen-bond donors (Lipinski definition) is 1. The highest BCUT2D eigenvalue weighted by atomic mass is 16.6. The molecule has 1 heterocycles. The van der Waals surface area contributed by atoms with Crippen molar-refractivity contribution in [3.05, 3.63) is 33.9 Å². The molecule has 0 bridgehead atoms. The van der Waals surface area contributed by atoms with Gasteiger partial charge in [-0.25, -0.2) is 0 Å². The van der Waals surface area contributed by atoms with Crippen molar-refractivity contribution in [2.75, 3.05) is 13.2 Å². The Morgan fingerprint density at radius 2 is 2.20 bits per heavy atom. The summed E-state index contributed by atoms with van der Waals surface area (Å²) in [5.41, 5.74) is -0.407. The molecule has 7 heteroatoms. The van der Waals surface area contributed by atoms with Crippen molar-refractivity contribution in [1.29, 1.82) is 0 Å². The van der Waals surface area contributed by atoms with Crippen LogP contribution in [0.2, 0.25) is 0 Å². The van der Waals surface area contributed by atoms with Gasteiger partial charge in [-0.15, -0.1) is 0 Å². The number of nitrogens with zero attached hydrogens (tertiary/aromatic N) is 2. The van der Waals surface area contributed by atoms with Crippen LogP contribution in [-0.4, -0.2) is 46.1 Å². The van der Waals surface area contributed by atoms with Gasteiger partial charge < -0.3 is 14.7 Å². The highest BCUT2D eigenvalue weighted by molar-refractivity contribution is 5.98. The average Bonchev–Trinajstić information content (AvgIpc) is 2.40. The predicted molar refractivity (Wildman–Crippen MR) is 70.7 cm³/mol. The van der Waals surface area contributed by atoms with E-state index in [1.165, 1.54) is 11.0 Å². The first-order chi connectivity index (χ1) is 9.40. The lowest BCUT2D eigenvalue weighted by Gasteiger charge is -2.36. The summed E-state index contributed by atoms with van der Waals surface area (Å²) in [4.78, 5) is 24.4. The van der Waals surface area contributed by atoms with E-state index in [1.54, 1.807) is 0 Å². The fraction of sp³-hybridized carbons (Fsp3) is 0.462. The van der Waals surface area contributed by atoms with E-state index in [0.29, 0.717) is 13.2 Å². The van der Waals surface area contributed by atoms with Crippen molar-refractivity contribution in [1.82, 2.24) is 4.90 Å². The number of rotatable bonds is 2. The summed E-state index contributed by atoms with van der Waals surface area (Å²) in [5, 5.41) is 20.5. The van der Waals surface area contributed by atoms with Gasteiger partial charge >= 0.3 is 0 Å². The highest BCUT2D eigenvalue weighted by Crippen LogP contribution is 2.26. The van der Waals surface area contributed by atoms with Crippen molar-refractivity contribution < 1.29 is 19.6 Å². The van der Waals surface area contributed by atoms with Crippen molar-refractivity contribution in [3.63, 3.8) is 0 Å². The van der Waals surface area contributed by atoms with Crippen LogP contribution in [0.3, 0.4) is 0 Å². The molecule has 1 saturated heterocycles. The zero-order valence-corrected chi connectivity index (χ0v) is 11.3. The first-order valence-corrected chi connectivity index (χ1v) is 6.30. The molecule has 1 aliphatic heterocycles. The van der Waals surface area contributed by atoms with Gasteiger partial charge in [-0.1, -0.05) is 0 Å². The van der Waals surface area contributed by atoms with Gasteiger partial charge in [-0.3, -0.25) is 14.9 Å². The van der Waals surface area contributed by atoms with Crippen LogP contribution in [-0.2, 0) is 4.74 Å². The monoisotopic (exact) mass is 280 g/mol. The van der Waals surface area contributed by atoms with E-state index < -0.39 is 10.8 Å². The van der Waals surface area contributed by atoms with E-state index in [2.05, 4.69) is 0 Å². The van der Waals surface area contributed by atoms with Crippen molar-refractivity contribution in [2.24, 2.45) is 0 Å². The van der Waals surface area contributed by atoms with Crippen LogP contribution >= 0.6 is 0 Å². The minimum absolute atomic E-state index is 0.101. The Kier molecular flexibility index (Phi) is 3.89. The van der Waals surface area contributed by atoms with Gasteiger partial charge in [0.25, 0.3) is 11.6 Å². The number of aromatic hydroxyl groups is 1. The first kappa shape index (κ1) is 14.3. The van der Waals surface area contributed by atoms with Crippen LogP contribution < -0.4 is 0 Å². The van der Waals surface area contributed by atoms with Crippen LogP contribution in [0.5, 0.6) is 5.75 Å². The Morgan fingerprint density at radius 3 is 2.85 bits per heavy atom. The van der Waals surface area contributed by atoms with Crippen molar-refractivity contribution in [2.45, 2.75) is 26.0 Å². The molecule has 108 valence electrons. The van der Waals surface area contributed by atoms with Crippen molar-refractivity contribution >= 4 is 11.6 Å². The topological polar surface area (TPSA) is 92.9 Å². The van der Waals surface area contributed by atoms with Crippen LogP contribution in [0, 0.1) is 10.1 Å². The van der Waals surface area contributed by atoms with E-state index in [4.69, 9.17) is 4.74 Å². The van der Waals surface area contributed by atoms with E-state index in [1.807, 2.05) is 13.8 Å². The lowest BCUT2D eigenvalue weighted by Crippen LogP contribution is -2.50. The Bertz CT molecular complexity index is 546. The number of phenolic OH excluding ortho intramolecular Hbond substituents is 1. The van der Waals surface area contributed by atoms with E-state index in [-0.39, 0.29) is 29.1 Å². The molecule has 2 atom stereocenters. The van der Waals surface area contributed by atoms with Crippen LogP contribution in [0.4, 0.5) is 5.69 Å². The molecule has 0 aromatic heterocycles. The molecule has 2 unspecified atom stereocenters. The van der Waals surface area contributed by atoms with Crippen LogP contribution in [0.25, 0.3) is 0 Å². The molecule has 0 radical (unpaired) electrons. The van der Waals surface area contributed by atoms with Gasteiger partial charge in [-0.05, 0) is 26.0 Å². The number of nitro groups is 1. The molecule has 1 N–H and O–H groups in total. The Morgan fingerprint density at radius 1 is 1.50 bits per heavy atom. The molecule has 1 amide bonds. The first-order valence-electron chi connectivity index (χ1n) is 6.30. The number of nitro benzene ring substituents is 1. The second kappa shape index (κ2) is 5.46. The second-order valence-electron chi connectivity index (χ2n) is 4.91.